The molecule has 3 heteroatoms. The highest BCUT2D eigenvalue weighted by molar-refractivity contribution is 9.10. The van der Waals surface area contributed by atoms with Crippen molar-refractivity contribution < 1.29 is 17.0 Å². The molecule has 0 spiro atoms. The van der Waals surface area contributed by atoms with Gasteiger partial charge < -0.3 is 17.0 Å². The van der Waals surface area contributed by atoms with Gasteiger partial charge in [-0.25, -0.2) is 0 Å². The van der Waals surface area contributed by atoms with Gasteiger partial charge in [0.1, 0.15) is 0 Å². The topological polar surface area (TPSA) is 0 Å². The van der Waals surface area contributed by atoms with E-state index in [1.807, 2.05) is 21.4 Å². The number of benzene rings is 1. The maximum Gasteiger partial charge on any atom is 0.0865 e. The summed E-state index contributed by atoms with van der Waals surface area (Å²) in [6.07, 6.45) is 0. The lowest BCUT2D eigenvalue weighted by Crippen LogP contribution is -3.00. The summed E-state index contributed by atoms with van der Waals surface area (Å²) in [5.41, 5.74) is 0. The first-order valence-electron chi connectivity index (χ1n) is 2.36. The minimum Gasteiger partial charge on any atom is -1.00 e. The van der Waals surface area contributed by atoms with Crippen LogP contribution in [0.3, 0.4) is 0 Å². The second kappa shape index (κ2) is 4.43. The van der Waals surface area contributed by atoms with Gasteiger partial charge in [0.05, 0.1) is 5.30 Å². The highest BCUT2D eigenvalue weighted by Crippen LogP contribution is 2.05. The Morgan fingerprint density at radius 1 is 1.11 bits per heavy atom. The molecule has 0 saturated carbocycles. The molecule has 0 amide bonds. The average Bonchev–Trinajstić information content (AvgIpc) is 1.77. The molecule has 0 radical (unpaired) electrons. The van der Waals surface area contributed by atoms with E-state index in [0.29, 0.717) is 0 Å². The zero-order valence-electron chi connectivity index (χ0n) is 4.77. The first-order valence-corrected chi connectivity index (χ1v) is 3.86. The second-order valence-electron chi connectivity index (χ2n) is 1.63. The molecule has 9 heavy (non-hydrogen) atoms. The van der Waals surface area contributed by atoms with Gasteiger partial charge in [-0.2, -0.15) is 0 Å². The largest absolute Gasteiger partial charge is 1.00 e. The highest BCUT2D eigenvalue weighted by Gasteiger charge is 1.85. The van der Waals surface area contributed by atoms with Crippen LogP contribution in [0.15, 0.2) is 28.7 Å². The molecule has 0 fully saturated rings. The summed E-state index contributed by atoms with van der Waals surface area (Å²) < 4.78 is 1.15. The minimum absolute atomic E-state index is 0. The van der Waals surface area contributed by atoms with Crippen LogP contribution in [0.25, 0.3) is 0 Å². The van der Waals surface area contributed by atoms with Crippen molar-refractivity contribution in [2.24, 2.45) is 0 Å². The van der Waals surface area contributed by atoms with Crippen molar-refractivity contribution in [1.82, 2.24) is 0 Å². The van der Waals surface area contributed by atoms with E-state index in [1.165, 1.54) is 5.30 Å². The Labute approximate surface area is 76.1 Å². The Hall–Kier alpha value is 0.610. The Morgan fingerprint density at radius 3 is 1.89 bits per heavy atom. The van der Waals surface area contributed by atoms with Crippen LogP contribution >= 0.6 is 25.2 Å². The van der Waals surface area contributed by atoms with Crippen molar-refractivity contribution in [3.05, 3.63) is 28.7 Å². The third-order valence-electron chi connectivity index (χ3n) is 0.913. The van der Waals surface area contributed by atoms with Crippen molar-refractivity contribution >= 4 is 30.5 Å². The zero-order chi connectivity index (χ0) is 5.98. The molecule has 1 atom stereocenters. The van der Waals surface area contributed by atoms with Gasteiger partial charge in [0.15, 0.2) is 0 Å². The van der Waals surface area contributed by atoms with Gasteiger partial charge in [-0.1, -0.05) is 15.9 Å². The molecule has 0 N–H and O–H groups in total. The fraction of sp³-hybridized carbons (Fsp3) is 0. The second-order valence-corrected chi connectivity index (χ2v) is 3.36. The Kier molecular flexibility index (Phi) is 4.73. The number of hydrogen-bond donors (Lipinski definition) is 0. The van der Waals surface area contributed by atoms with Crippen LogP contribution in [0, 0.1) is 0 Å². The summed E-state index contributed by atoms with van der Waals surface area (Å²) in [5, 5.41) is 1.33. The zero-order valence-corrected chi connectivity index (χ0v) is 9.36. The normalized spacial score (nSPS) is 8.56. The summed E-state index contributed by atoms with van der Waals surface area (Å²) in [4.78, 5) is 0. The molecule has 0 heterocycles. The van der Waals surface area contributed by atoms with Crippen molar-refractivity contribution in [2.75, 3.05) is 0 Å². The number of hydrogen-bond acceptors (Lipinski definition) is 0. The Morgan fingerprint density at radius 2 is 1.56 bits per heavy atom. The van der Waals surface area contributed by atoms with Crippen LogP contribution in [0.5, 0.6) is 0 Å². The molecular formula is C6H7Br2P. The predicted molar refractivity (Wildman–Crippen MR) is 44.9 cm³/mol. The van der Waals surface area contributed by atoms with Gasteiger partial charge in [0.25, 0.3) is 0 Å². The minimum atomic E-state index is 0. The molecule has 0 aliphatic carbocycles. The third kappa shape index (κ3) is 3.34. The smallest absolute Gasteiger partial charge is 0.0865 e. The van der Waals surface area contributed by atoms with Crippen LogP contribution in [0.2, 0.25) is 0 Å². The lowest BCUT2D eigenvalue weighted by atomic mass is 10.4. The van der Waals surface area contributed by atoms with Gasteiger partial charge in [0, 0.05) is 13.7 Å². The van der Waals surface area contributed by atoms with Crippen molar-refractivity contribution in [3.63, 3.8) is 0 Å². The molecule has 0 aliphatic rings. The molecule has 0 aliphatic heterocycles. The Balaban J connectivity index is 0.000000640. The van der Waals surface area contributed by atoms with Crippen LogP contribution in [0.1, 0.15) is 0 Å². The number of halogens is 2. The molecule has 0 nitrogen and oxygen atoms in total. The van der Waals surface area contributed by atoms with E-state index in [2.05, 4.69) is 28.1 Å². The van der Waals surface area contributed by atoms with E-state index in [4.69, 9.17) is 0 Å². The maximum atomic E-state index is 3.35. The van der Waals surface area contributed by atoms with Gasteiger partial charge in [-0.05, 0) is 24.3 Å². The fourth-order valence-electron chi connectivity index (χ4n) is 0.484. The predicted octanol–water partition coefficient (Wildman–Crippen LogP) is -1.31. The summed E-state index contributed by atoms with van der Waals surface area (Å²) in [7, 11) is 1.89. The first kappa shape index (κ1) is 9.61. The van der Waals surface area contributed by atoms with Crippen LogP contribution < -0.4 is 22.3 Å². The average molecular weight is 270 g/mol. The molecule has 1 unspecified atom stereocenters. The third-order valence-corrected chi connectivity index (χ3v) is 1.91. The first-order chi connectivity index (χ1) is 3.79. The fourth-order valence-corrected chi connectivity index (χ4v) is 0.984. The van der Waals surface area contributed by atoms with E-state index in [9.17, 15) is 0 Å². The van der Waals surface area contributed by atoms with Crippen LogP contribution in [-0.4, -0.2) is 0 Å². The lowest BCUT2D eigenvalue weighted by Gasteiger charge is -1.84. The highest BCUT2D eigenvalue weighted by atomic mass is 79.9. The molecule has 50 valence electrons. The molecule has 1 rings (SSSR count). The van der Waals surface area contributed by atoms with E-state index >= 15 is 0 Å². The standard InChI is InChI=1S/C6H6BrP.BrH/c7-5-1-3-6(8)4-2-5;/h1-4H,8H2;1H. The summed E-state index contributed by atoms with van der Waals surface area (Å²) in [6, 6.07) is 8.26. The van der Waals surface area contributed by atoms with E-state index in [1.54, 1.807) is 0 Å². The van der Waals surface area contributed by atoms with Gasteiger partial charge in [0.2, 0.25) is 0 Å². The van der Waals surface area contributed by atoms with E-state index < -0.39 is 0 Å². The Bertz CT molecular complexity index is 150. The van der Waals surface area contributed by atoms with Gasteiger partial charge >= 0.3 is 0 Å². The number of rotatable bonds is 0. The molecule has 1 aromatic carbocycles. The molecule has 0 bridgehead atoms. The summed E-state index contributed by atoms with van der Waals surface area (Å²) >= 11 is 3.35. The van der Waals surface area contributed by atoms with Crippen LogP contribution in [0.4, 0.5) is 0 Å². The SMILES string of the molecule is [Br-].[PH3+]c1ccc(Br)cc1. The quantitative estimate of drug-likeness (QED) is 0.513. The van der Waals surface area contributed by atoms with Crippen molar-refractivity contribution in [3.8, 4) is 0 Å². The van der Waals surface area contributed by atoms with Crippen molar-refractivity contribution in [2.45, 2.75) is 0 Å². The summed E-state index contributed by atoms with van der Waals surface area (Å²) in [6.45, 7) is 0. The lowest BCUT2D eigenvalue weighted by molar-refractivity contribution is -0.00000137. The van der Waals surface area contributed by atoms with Gasteiger partial charge in [-0.3, -0.25) is 0 Å². The monoisotopic (exact) mass is 268 g/mol. The van der Waals surface area contributed by atoms with Crippen molar-refractivity contribution in [1.29, 1.82) is 0 Å². The summed E-state index contributed by atoms with van der Waals surface area (Å²) in [5.74, 6) is 0. The van der Waals surface area contributed by atoms with Gasteiger partial charge in [-0.15, -0.1) is 0 Å². The van der Waals surface area contributed by atoms with E-state index in [0.717, 1.165) is 4.47 Å². The molecule has 0 saturated heterocycles. The molecular weight excluding hydrogens is 263 g/mol. The van der Waals surface area contributed by atoms with Crippen LogP contribution in [-0.2, 0) is 0 Å². The maximum absolute atomic E-state index is 3.35. The van der Waals surface area contributed by atoms with E-state index in [-0.39, 0.29) is 17.0 Å². The molecule has 0 aromatic heterocycles. The molecule has 1 aromatic rings.